The quantitative estimate of drug-likeness (QED) is 0.713. The number of hydrogen-bond acceptors (Lipinski definition) is 3. The average molecular weight is 250 g/mol. The zero-order valence-electron chi connectivity index (χ0n) is 10.4. The van der Waals surface area contributed by atoms with E-state index >= 15 is 0 Å². The highest BCUT2D eigenvalue weighted by Crippen LogP contribution is 2.25. The third-order valence-corrected chi connectivity index (χ3v) is 2.91. The molecule has 94 valence electrons. The Labute approximate surface area is 111 Å². The summed E-state index contributed by atoms with van der Waals surface area (Å²) in [5.74, 6) is 0. The lowest BCUT2D eigenvalue weighted by atomic mass is 10.2. The third-order valence-electron chi connectivity index (χ3n) is 2.91. The smallest absolute Gasteiger partial charge is 0.120 e. The maximum atomic E-state index is 3.85. The molecule has 4 nitrogen and oxygen atoms in total. The molecule has 0 aliphatic carbocycles. The van der Waals surface area contributed by atoms with Crippen molar-refractivity contribution in [2.75, 3.05) is 4.90 Å². The molecule has 1 heterocycles. The number of anilines is 2. The maximum Gasteiger partial charge on any atom is 0.120 e. The zero-order valence-corrected chi connectivity index (χ0v) is 10.4. The lowest BCUT2D eigenvalue weighted by molar-refractivity contribution is 0.704. The highest BCUT2D eigenvalue weighted by Gasteiger charge is 2.08. The maximum absolute atomic E-state index is 3.85. The Morgan fingerprint density at radius 3 is 1.68 bits per heavy atom. The SMILES string of the molecule is c1ccc(N(Cn2cnnc2)c2ccccc2)cc1. The van der Waals surface area contributed by atoms with Gasteiger partial charge in [-0.15, -0.1) is 10.2 Å². The van der Waals surface area contributed by atoms with E-state index in [1.165, 1.54) is 0 Å². The lowest BCUT2D eigenvalue weighted by Gasteiger charge is -2.25. The summed E-state index contributed by atoms with van der Waals surface area (Å²) in [4.78, 5) is 2.21. The first-order valence-electron chi connectivity index (χ1n) is 6.13. The summed E-state index contributed by atoms with van der Waals surface area (Å²) in [6, 6.07) is 20.6. The average Bonchev–Trinajstić information content (AvgIpc) is 3.00. The molecule has 0 atom stereocenters. The molecule has 0 N–H and O–H groups in total. The second kappa shape index (κ2) is 5.35. The van der Waals surface area contributed by atoms with Crippen LogP contribution in [-0.2, 0) is 6.67 Å². The zero-order chi connectivity index (χ0) is 12.9. The van der Waals surface area contributed by atoms with E-state index in [2.05, 4.69) is 39.4 Å². The van der Waals surface area contributed by atoms with Crippen molar-refractivity contribution in [2.45, 2.75) is 6.67 Å². The predicted molar refractivity (Wildman–Crippen MR) is 75.0 cm³/mol. The second-order valence-electron chi connectivity index (χ2n) is 4.22. The van der Waals surface area contributed by atoms with Gasteiger partial charge in [0.25, 0.3) is 0 Å². The van der Waals surface area contributed by atoms with E-state index in [4.69, 9.17) is 0 Å². The van der Waals surface area contributed by atoms with Crippen molar-refractivity contribution in [3.8, 4) is 0 Å². The van der Waals surface area contributed by atoms with Crippen LogP contribution in [0.3, 0.4) is 0 Å². The molecule has 0 unspecified atom stereocenters. The highest BCUT2D eigenvalue weighted by atomic mass is 15.3. The van der Waals surface area contributed by atoms with E-state index in [9.17, 15) is 0 Å². The van der Waals surface area contributed by atoms with Gasteiger partial charge in [-0.3, -0.25) is 0 Å². The molecule has 2 aromatic carbocycles. The Bertz CT molecular complexity index is 566. The van der Waals surface area contributed by atoms with Gasteiger partial charge in [0.1, 0.15) is 19.3 Å². The van der Waals surface area contributed by atoms with Gasteiger partial charge < -0.3 is 9.47 Å². The number of benzene rings is 2. The summed E-state index contributed by atoms with van der Waals surface area (Å²) in [5.41, 5.74) is 2.28. The molecular formula is C15H14N4. The Kier molecular flexibility index (Phi) is 3.23. The first-order valence-corrected chi connectivity index (χ1v) is 6.13. The number of para-hydroxylation sites is 2. The number of hydrogen-bond donors (Lipinski definition) is 0. The van der Waals surface area contributed by atoms with Crippen molar-refractivity contribution in [2.24, 2.45) is 0 Å². The monoisotopic (exact) mass is 250 g/mol. The van der Waals surface area contributed by atoms with Crippen molar-refractivity contribution in [3.05, 3.63) is 73.3 Å². The Hall–Kier alpha value is -2.62. The summed E-state index contributed by atoms with van der Waals surface area (Å²) in [7, 11) is 0. The standard InChI is InChI=1S/C15H14N4/c1-3-7-14(8-4-1)19(13-18-11-16-17-12-18)15-9-5-2-6-10-15/h1-12H,13H2. The fourth-order valence-corrected chi connectivity index (χ4v) is 1.99. The number of nitrogens with zero attached hydrogens (tertiary/aromatic N) is 4. The molecule has 0 spiro atoms. The van der Waals surface area contributed by atoms with Gasteiger partial charge in [-0.1, -0.05) is 36.4 Å². The Morgan fingerprint density at radius 1 is 0.737 bits per heavy atom. The van der Waals surface area contributed by atoms with Gasteiger partial charge in [-0.25, -0.2) is 0 Å². The van der Waals surface area contributed by atoms with E-state index in [-0.39, 0.29) is 0 Å². The molecule has 0 aliphatic heterocycles. The molecule has 0 aliphatic rings. The van der Waals surface area contributed by atoms with Crippen LogP contribution in [0.15, 0.2) is 73.3 Å². The number of rotatable bonds is 4. The lowest BCUT2D eigenvalue weighted by Crippen LogP contribution is -2.20. The summed E-state index contributed by atoms with van der Waals surface area (Å²) in [6.07, 6.45) is 3.44. The molecular weight excluding hydrogens is 236 g/mol. The van der Waals surface area contributed by atoms with Crippen LogP contribution in [0.2, 0.25) is 0 Å². The summed E-state index contributed by atoms with van der Waals surface area (Å²) in [6.45, 7) is 0.682. The molecule has 3 aromatic rings. The topological polar surface area (TPSA) is 34.0 Å². The van der Waals surface area contributed by atoms with E-state index in [0.717, 1.165) is 11.4 Å². The third kappa shape index (κ3) is 2.63. The summed E-state index contributed by atoms with van der Waals surface area (Å²) < 4.78 is 1.94. The van der Waals surface area contributed by atoms with Crippen molar-refractivity contribution in [3.63, 3.8) is 0 Å². The van der Waals surface area contributed by atoms with E-state index in [1.807, 2.05) is 41.0 Å². The first-order chi connectivity index (χ1) is 9.43. The van der Waals surface area contributed by atoms with Crippen LogP contribution in [-0.4, -0.2) is 14.8 Å². The van der Waals surface area contributed by atoms with Gasteiger partial charge in [-0.2, -0.15) is 0 Å². The summed E-state index contributed by atoms with van der Waals surface area (Å²) in [5, 5.41) is 7.70. The summed E-state index contributed by atoms with van der Waals surface area (Å²) >= 11 is 0. The van der Waals surface area contributed by atoms with Crippen LogP contribution >= 0.6 is 0 Å². The van der Waals surface area contributed by atoms with Crippen LogP contribution < -0.4 is 4.90 Å². The molecule has 4 heteroatoms. The second-order valence-corrected chi connectivity index (χ2v) is 4.22. The minimum Gasteiger partial charge on any atom is -0.323 e. The Balaban J connectivity index is 1.96. The first kappa shape index (κ1) is 11.5. The van der Waals surface area contributed by atoms with Gasteiger partial charge >= 0.3 is 0 Å². The molecule has 3 rings (SSSR count). The van der Waals surface area contributed by atoms with Crippen molar-refractivity contribution in [1.29, 1.82) is 0 Å². The largest absolute Gasteiger partial charge is 0.323 e. The minimum atomic E-state index is 0.682. The molecule has 0 saturated carbocycles. The van der Waals surface area contributed by atoms with Crippen molar-refractivity contribution >= 4 is 11.4 Å². The van der Waals surface area contributed by atoms with Crippen molar-refractivity contribution < 1.29 is 0 Å². The van der Waals surface area contributed by atoms with Gasteiger partial charge in [0.2, 0.25) is 0 Å². The van der Waals surface area contributed by atoms with Gasteiger partial charge in [0.15, 0.2) is 0 Å². The fourth-order valence-electron chi connectivity index (χ4n) is 1.99. The van der Waals surface area contributed by atoms with Crippen molar-refractivity contribution in [1.82, 2.24) is 14.8 Å². The molecule has 0 saturated heterocycles. The van der Waals surface area contributed by atoms with Gasteiger partial charge in [0.05, 0.1) is 0 Å². The van der Waals surface area contributed by atoms with E-state index in [0.29, 0.717) is 6.67 Å². The van der Waals surface area contributed by atoms with Crippen LogP contribution in [0.1, 0.15) is 0 Å². The predicted octanol–water partition coefficient (Wildman–Crippen LogP) is 3.07. The molecule has 0 amide bonds. The highest BCUT2D eigenvalue weighted by molar-refractivity contribution is 5.62. The number of aromatic nitrogens is 3. The van der Waals surface area contributed by atoms with Gasteiger partial charge in [-0.05, 0) is 24.3 Å². The van der Waals surface area contributed by atoms with Crippen LogP contribution in [0.25, 0.3) is 0 Å². The molecule has 0 radical (unpaired) electrons. The fraction of sp³-hybridized carbons (Fsp3) is 0.0667. The molecule has 0 bridgehead atoms. The molecule has 19 heavy (non-hydrogen) atoms. The van der Waals surface area contributed by atoms with E-state index < -0.39 is 0 Å². The Morgan fingerprint density at radius 2 is 1.21 bits per heavy atom. The molecule has 0 fully saturated rings. The van der Waals surface area contributed by atoms with Crippen LogP contribution in [0.5, 0.6) is 0 Å². The van der Waals surface area contributed by atoms with E-state index in [1.54, 1.807) is 12.7 Å². The van der Waals surface area contributed by atoms with Crippen LogP contribution in [0, 0.1) is 0 Å². The molecule has 1 aromatic heterocycles. The minimum absolute atomic E-state index is 0.682. The normalized spacial score (nSPS) is 10.3. The van der Waals surface area contributed by atoms with Gasteiger partial charge in [0, 0.05) is 11.4 Å². The van der Waals surface area contributed by atoms with Crippen LogP contribution in [0.4, 0.5) is 11.4 Å².